The molecule has 0 aliphatic rings. The summed E-state index contributed by atoms with van der Waals surface area (Å²) >= 11 is 0. The molecule has 0 radical (unpaired) electrons. The summed E-state index contributed by atoms with van der Waals surface area (Å²) in [6.45, 7) is 1.29. The van der Waals surface area contributed by atoms with E-state index in [0.717, 1.165) is 7.11 Å². The van der Waals surface area contributed by atoms with Crippen LogP contribution in [0.5, 0.6) is 5.75 Å². The van der Waals surface area contributed by atoms with Gasteiger partial charge in [-0.25, -0.2) is 8.42 Å². The Morgan fingerprint density at radius 3 is 2.20 bits per heavy atom. The Morgan fingerprint density at radius 1 is 1.25 bits per heavy atom. The molecule has 8 heteroatoms. The first-order chi connectivity index (χ1) is 9.31. The summed E-state index contributed by atoms with van der Waals surface area (Å²) in [5, 5.41) is 9.46. The van der Waals surface area contributed by atoms with Gasteiger partial charge in [-0.05, 0) is 31.2 Å². The van der Waals surface area contributed by atoms with Crippen LogP contribution in [0.25, 0.3) is 0 Å². The maximum atomic E-state index is 12.1. The maximum absolute atomic E-state index is 12.1. The molecule has 0 amide bonds. The molecule has 0 aromatic heterocycles. The predicted molar refractivity (Wildman–Crippen MR) is 70.8 cm³/mol. The highest BCUT2D eigenvalue weighted by molar-refractivity contribution is 7.89. The summed E-state index contributed by atoms with van der Waals surface area (Å²) in [5.41, 5.74) is 0. The van der Waals surface area contributed by atoms with Gasteiger partial charge in [-0.1, -0.05) is 0 Å². The Bertz CT molecular complexity index is 552. The van der Waals surface area contributed by atoms with E-state index in [-0.39, 0.29) is 4.90 Å². The van der Waals surface area contributed by atoms with Crippen LogP contribution in [-0.2, 0) is 19.6 Å². The summed E-state index contributed by atoms with van der Waals surface area (Å²) in [7, 11) is -1.38. The van der Waals surface area contributed by atoms with Crippen LogP contribution in [0.15, 0.2) is 29.2 Å². The van der Waals surface area contributed by atoms with Crippen LogP contribution in [0.1, 0.15) is 6.92 Å². The Morgan fingerprint density at radius 2 is 1.80 bits per heavy atom. The fourth-order valence-corrected chi connectivity index (χ4v) is 2.72. The van der Waals surface area contributed by atoms with Crippen molar-refractivity contribution < 1.29 is 27.8 Å². The summed E-state index contributed by atoms with van der Waals surface area (Å²) in [4.78, 5) is 11.4. The minimum absolute atomic E-state index is 0.0483. The molecule has 20 heavy (non-hydrogen) atoms. The normalized spacial score (nSPS) is 14.4. The molecule has 112 valence electrons. The number of carbonyl (C=O) groups excluding carboxylic acids is 1. The number of methoxy groups -OCH3 is 2. The van der Waals surface area contributed by atoms with Crippen LogP contribution < -0.4 is 9.46 Å². The molecule has 2 atom stereocenters. The van der Waals surface area contributed by atoms with Gasteiger partial charge in [-0.15, -0.1) is 0 Å². The molecule has 1 aromatic carbocycles. The highest BCUT2D eigenvalue weighted by Gasteiger charge is 2.30. The first-order valence-electron chi connectivity index (χ1n) is 5.74. The number of hydrogen-bond donors (Lipinski definition) is 2. The number of aliphatic hydroxyl groups is 1. The van der Waals surface area contributed by atoms with Crippen molar-refractivity contribution in [2.45, 2.75) is 24.0 Å². The Hall–Kier alpha value is -1.64. The number of aliphatic hydroxyl groups excluding tert-OH is 1. The standard InChI is InChI=1S/C12H17NO6S/c1-8(14)11(12(15)19-3)13-20(16,17)10-6-4-9(18-2)5-7-10/h4-8,11,13-14H,1-3H3/t8-,11+/m0/s1. The van der Waals surface area contributed by atoms with Gasteiger partial charge in [0.15, 0.2) is 0 Å². The van der Waals surface area contributed by atoms with Gasteiger partial charge in [0, 0.05) is 0 Å². The minimum Gasteiger partial charge on any atom is -0.497 e. The molecule has 0 saturated heterocycles. The second-order valence-electron chi connectivity index (χ2n) is 4.04. The minimum atomic E-state index is -3.95. The van der Waals surface area contributed by atoms with Crippen molar-refractivity contribution >= 4 is 16.0 Å². The first-order valence-corrected chi connectivity index (χ1v) is 7.22. The van der Waals surface area contributed by atoms with Crippen LogP contribution in [-0.4, -0.2) is 45.9 Å². The van der Waals surface area contributed by atoms with E-state index in [1.807, 2.05) is 0 Å². The van der Waals surface area contributed by atoms with Crippen molar-refractivity contribution in [3.05, 3.63) is 24.3 Å². The van der Waals surface area contributed by atoms with Gasteiger partial charge in [0.25, 0.3) is 0 Å². The van der Waals surface area contributed by atoms with E-state index >= 15 is 0 Å². The lowest BCUT2D eigenvalue weighted by Gasteiger charge is -2.19. The van der Waals surface area contributed by atoms with Crippen molar-refractivity contribution in [3.8, 4) is 5.75 Å². The largest absolute Gasteiger partial charge is 0.497 e. The van der Waals surface area contributed by atoms with E-state index in [4.69, 9.17) is 4.74 Å². The number of carbonyl (C=O) groups is 1. The first kappa shape index (κ1) is 16.4. The van der Waals surface area contributed by atoms with Crippen LogP contribution in [0.4, 0.5) is 0 Å². The van der Waals surface area contributed by atoms with E-state index in [2.05, 4.69) is 9.46 Å². The Kier molecular flexibility index (Phi) is 5.49. The van der Waals surface area contributed by atoms with E-state index < -0.39 is 28.1 Å². The third kappa shape index (κ3) is 3.92. The molecular formula is C12H17NO6S. The molecule has 2 N–H and O–H groups in total. The fourth-order valence-electron chi connectivity index (χ4n) is 1.46. The lowest BCUT2D eigenvalue weighted by atomic mass is 10.2. The second-order valence-corrected chi connectivity index (χ2v) is 5.75. The second kappa shape index (κ2) is 6.69. The van der Waals surface area contributed by atoms with Crippen molar-refractivity contribution in [2.24, 2.45) is 0 Å². The zero-order valence-electron chi connectivity index (χ0n) is 11.4. The highest BCUT2D eigenvalue weighted by atomic mass is 32.2. The molecule has 0 bridgehead atoms. The summed E-state index contributed by atoms with van der Waals surface area (Å²) < 4.78 is 35.7. The Balaban J connectivity index is 3.00. The van der Waals surface area contributed by atoms with Gasteiger partial charge in [-0.2, -0.15) is 4.72 Å². The number of rotatable bonds is 6. The number of esters is 1. The van der Waals surface area contributed by atoms with Gasteiger partial charge in [0.2, 0.25) is 10.0 Å². The average Bonchev–Trinajstić information content (AvgIpc) is 2.43. The SMILES string of the molecule is COC(=O)[C@H](NS(=O)(=O)c1ccc(OC)cc1)[C@H](C)O. The van der Waals surface area contributed by atoms with Gasteiger partial charge in [0.1, 0.15) is 11.8 Å². The molecule has 0 aliphatic heterocycles. The van der Waals surface area contributed by atoms with Gasteiger partial charge in [-0.3, -0.25) is 4.79 Å². The molecule has 0 aliphatic carbocycles. The van der Waals surface area contributed by atoms with Gasteiger partial charge in [0.05, 0.1) is 25.2 Å². The van der Waals surface area contributed by atoms with Crippen LogP contribution in [0.2, 0.25) is 0 Å². The number of hydrogen-bond acceptors (Lipinski definition) is 6. The predicted octanol–water partition coefficient (Wildman–Crippen LogP) is -0.104. The van der Waals surface area contributed by atoms with Gasteiger partial charge >= 0.3 is 5.97 Å². The Labute approximate surface area is 117 Å². The van der Waals surface area contributed by atoms with E-state index in [1.165, 1.54) is 38.3 Å². The van der Waals surface area contributed by atoms with Crippen molar-refractivity contribution in [1.29, 1.82) is 0 Å². The molecule has 0 fully saturated rings. The van der Waals surface area contributed by atoms with Crippen LogP contribution in [0.3, 0.4) is 0 Å². The van der Waals surface area contributed by atoms with E-state index in [0.29, 0.717) is 5.75 Å². The number of sulfonamides is 1. The molecule has 1 rings (SSSR count). The molecule has 0 unspecified atom stereocenters. The van der Waals surface area contributed by atoms with E-state index in [1.54, 1.807) is 0 Å². The third-order valence-corrected chi connectivity index (χ3v) is 4.05. The maximum Gasteiger partial charge on any atom is 0.326 e. The number of ether oxygens (including phenoxy) is 2. The topological polar surface area (TPSA) is 102 Å². The van der Waals surface area contributed by atoms with Gasteiger partial charge < -0.3 is 14.6 Å². The molecule has 7 nitrogen and oxygen atoms in total. The van der Waals surface area contributed by atoms with Crippen LogP contribution in [0, 0.1) is 0 Å². The summed E-state index contributed by atoms with van der Waals surface area (Å²) in [5.74, 6) is -0.360. The molecular weight excluding hydrogens is 286 g/mol. The third-order valence-electron chi connectivity index (χ3n) is 2.59. The fraction of sp³-hybridized carbons (Fsp3) is 0.417. The summed E-state index contributed by atoms with van der Waals surface area (Å²) in [6.07, 6.45) is -1.23. The van der Waals surface area contributed by atoms with Crippen molar-refractivity contribution in [3.63, 3.8) is 0 Å². The quantitative estimate of drug-likeness (QED) is 0.711. The molecule has 0 heterocycles. The van der Waals surface area contributed by atoms with Crippen LogP contribution >= 0.6 is 0 Å². The molecule has 1 aromatic rings. The summed E-state index contributed by atoms with van der Waals surface area (Å²) in [6, 6.07) is 4.25. The monoisotopic (exact) mass is 303 g/mol. The number of benzene rings is 1. The molecule has 0 spiro atoms. The average molecular weight is 303 g/mol. The highest BCUT2D eigenvalue weighted by Crippen LogP contribution is 2.16. The smallest absolute Gasteiger partial charge is 0.326 e. The van der Waals surface area contributed by atoms with E-state index in [9.17, 15) is 18.3 Å². The lowest BCUT2D eigenvalue weighted by molar-refractivity contribution is -0.145. The zero-order valence-corrected chi connectivity index (χ0v) is 12.2. The van der Waals surface area contributed by atoms with Crippen molar-refractivity contribution in [1.82, 2.24) is 4.72 Å². The number of nitrogens with one attached hydrogen (secondary N) is 1. The zero-order chi connectivity index (χ0) is 15.3. The molecule has 0 saturated carbocycles. The lowest BCUT2D eigenvalue weighted by Crippen LogP contribution is -2.48. The van der Waals surface area contributed by atoms with Crippen molar-refractivity contribution in [2.75, 3.05) is 14.2 Å².